The van der Waals surface area contributed by atoms with E-state index < -0.39 is 0 Å². The molecule has 0 aliphatic heterocycles. The molecule has 0 spiro atoms. The molecule has 0 heterocycles. The molecule has 0 aromatic carbocycles. The van der Waals surface area contributed by atoms with E-state index in [1.54, 1.807) is 0 Å². The lowest BCUT2D eigenvalue weighted by atomic mass is 9.70. The summed E-state index contributed by atoms with van der Waals surface area (Å²) in [6.07, 6.45) is 10.4. The van der Waals surface area contributed by atoms with Crippen molar-refractivity contribution in [1.82, 2.24) is 0 Å². The second-order valence-electron chi connectivity index (χ2n) is 5.30. The number of carbonyl (C=O) groups is 1. The maximum Gasteiger partial charge on any atom is 0.135 e. The molecule has 0 radical (unpaired) electrons. The maximum atomic E-state index is 11.4. The van der Waals surface area contributed by atoms with Crippen LogP contribution in [0.25, 0.3) is 0 Å². The van der Waals surface area contributed by atoms with Crippen LogP contribution in [0.2, 0.25) is 0 Å². The molecule has 2 aliphatic rings. The molecule has 1 nitrogen and oxygen atoms in total. The summed E-state index contributed by atoms with van der Waals surface area (Å²) in [7, 11) is 0. The second-order valence-corrected chi connectivity index (χ2v) is 5.30. The number of rotatable bonds is 1. The zero-order valence-corrected chi connectivity index (χ0v) is 9.30. The van der Waals surface area contributed by atoms with Gasteiger partial charge in [0.1, 0.15) is 5.78 Å². The molecule has 2 unspecified atom stereocenters. The summed E-state index contributed by atoms with van der Waals surface area (Å²) in [5.41, 5.74) is 0. The Bertz CT molecular complexity index is 203. The monoisotopic (exact) mass is 194 g/mol. The SMILES string of the molecule is CC1CC(C2CCCCC2)CCC1=O. The second kappa shape index (κ2) is 4.46. The van der Waals surface area contributed by atoms with E-state index in [0.29, 0.717) is 11.7 Å². The summed E-state index contributed by atoms with van der Waals surface area (Å²) in [4.78, 5) is 11.4. The smallest absolute Gasteiger partial charge is 0.135 e. The summed E-state index contributed by atoms with van der Waals surface area (Å²) < 4.78 is 0. The van der Waals surface area contributed by atoms with Gasteiger partial charge in [-0.15, -0.1) is 0 Å². The Balaban J connectivity index is 1.88. The lowest BCUT2D eigenvalue weighted by Crippen LogP contribution is -2.28. The number of carbonyl (C=O) groups excluding carboxylic acids is 1. The van der Waals surface area contributed by atoms with Crippen molar-refractivity contribution in [1.29, 1.82) is 0 Å². The van der Waals surface area contributed by atoms with Gasteiger partial charge in [-0.05, 0) is 24.7 Å². The van der Waals surface area contributed by atoms with Crippen molar-refractivity contribution in [2.75, 3.05) is 0 Å². The van der Waals surface area contributed by atoms with E-state index in [-0.39, 0.29) is 0 Å². The molecule has 2 aliphatic carbocycles. The van der Waals surface area contributed by atoms with Gasteiger partial charge in [0.2, 0.25) is 0 Å². The van der Waals surface area contributed by atoms with Gasteiger partial charge in [0.05, 0.1) is 0 Å². The molecule has 0 amide bonds. The molecular weight excluding hydrogens is 172 g/mol. The molecule has 0 aromatic rings. The summed E-state index contributed by atoms with van der Waals surface area (Å²) in [6.45, 7) is 2.12. The van der Waals surface area contributed by atoms with E-state index in [0.717, 1.165) is 18.3 Å². The van der Waals surface area contributed by atoms with E-state index in [4.69, 9.17) is 0 Å². The van der Waals surface area contributed by atoms with Crippen molar-refractivity contribution in [3.8, 4) is 0 Å². The van der Waals surface area contributed by atoms with Crippen LogP contribution < -0.4 is 0 Å². The van der Waals surface area contributed by atoms with E-state index in [9.17, 15) is 4.79 Å². The van der Waals surface area contributed by atoms with Gasteiger partial charge in [-0.25, -0.2) is 0 Å². The van der Waals surface area contributed by atoms with E-state index in [1.807, 2.05) is 0 Å². The van der Waals surface area contributed by atoms with E-state index in [2.05, 4.69) is 6.92 Å². The Morgan fingerprint density at radius 1 is 1.00 bits per heavy atom. The summed E-state index contributed by atoms with van der Waals surface area (Å²) in [5.74, 6) is 2.70. The number of ketones is 1. The van der Waals surface area contributed by atoms with Gasteiger partial charge in [-0.2, -0.15) is 0 Å². The summed E-state index contributed by atoms with van der Waals surface area (Å²) >= 11 is 0. The highest BCUT2D eigenvalue weighted by atomic mass is 16.1. The number of hydrogen-bond acceptors (Lipinski definition) is 1. The molecule has 2 fully saturated rings. The Morgan fingerprint density at radius 3 is 2.36 bits per heavy atom. The molecule has 0 aromatic heterocycles. The molecule has 14 heavy (non-hydrogen) atoms. The van der Waals surface area contributed by atoms with Crippen LogP contribution in [-0.4, -0.2) is 5.78 Å². The highest BCUT2D eigenvalue weighted by Crippen LogP contribution is 2.38. The first-order valence-electron chi connectivity index (χ1n) is 6.30. The van der Waals surface area contributed by atoms with Crippen LogP contribution in [0.5, 0.6) is 0 Å². The van der Waals surface area contributed by atoms with Crippen molar-refractivity contribution in [2.24, 2.45) is 17.8 Å². The molecule has 2 saturated carbocycles. The molecule has 2 rings (SSSR count). The first-order valence-corrected chi connectivity index (χ1v) is 6.30. The van der Waals surface area contributed by atoms with Gasteiger partial charge in [-0.1, -0.05) is 39.0 Å². The minimum atomic E-state index is 0.357. The summed E-state index contributed by atoms with van der Waals surface area (Å²) in [6, 6.07) is 0. The Morgan fingerprint density at radius 2 is 1.71 bits per heavy atom. The Labute approximate surface area is 87.3 Å². The predicted molar refractivity (Wildman–Crippen MR) is 58.1 cm³/mol. The van der Waals surface area contributed by atoms with Crippen molar-refractivity contribution < 1.29 is 4.79 Å². The quantitative estimate of drug-likeness (QED) is 0.623. The van der Waals surface area contributed by atoms with Gasteiger partial charge in [0.25, 0.3) is 0 Å². The van der Waals surface area contributed by atoms with Gasteiger partial charge in [0.15, 0.2) is 0 Å². The van der Waals surface area contributed by atoms with Gasteiger partial charge < -0.3 is 0 Å². The molecule has 2 atom stereocenters. The van der Waals surface area contributed by atoms with Gasteiger partial charge in [0, 0.05) is 12.3 Å². The molecule has 0 bridgehead atoms. The van der Waals surface area contributed by atoms with Crippen LogP contribution >= 0.6 is 0 Å². The minimum Gasteiger partial charge on any atom is -0.299 e. The average molecular weight is 194 g/mol. The van der Waals surface area contributed by atoms with Gasteiger partial charge >= 0.3 is 0 Å². The fraction of sp³-hybridized carbons (Fsp3) is 0.923. The molecular formula is C13H22O. The lowest BCUT2D eigenvalue weighted by molar-refractivity contribution is -0.125. The average Bonchev–Trinajstić information content (AvgIpc) is 2.23. The van der Waals surface area contributed by atoms with Gasteiger partial charge in [-0.3, -0.25) is 4.79 Å². The van der Waals surface area contributed by atoms with E-state index >= 15 is 0 Å². The molecule has 0 saturated heterocycles. The van der Waals surface area contributed by atoms with E-state index in [1.165, 1.54) is 44.9 Å². The van der Waals surface area contributed by atoms with Crippen molar-refractivity contribution in [3.05, 3.63) is 0 Å². The predicted octanol–water partition coefficient (Wildman–Crippen LogP) is 3.57. The van der Waals surface area contributed by atoms with Crippen LogP contribution in [0, 0.1) is 17.8 Å². The third-order valence-electron chi connectivity index (χ3n) is 4.28. The third-order valence-corrected chi connectivity index (χ3v) is 4.28. The number of hydrogen-bond donors (Lipinski definition) is 0. The highest BCUT2D eigenvalue weighted by Gasteiger charge is 2.31. The third kappa shape index (κ3) is 2.18. The van der Waals surface area contributed by atoms with Crippen molar-refractivity contribution >= 4 is 5.78 Å². The van der Waals surface area contributed by atoms with Crippen molar-refractivity contribution in [3.63, 3.8) is 0 Å². The topological polar surface area (TPSA) is 17.1 Å². The first kappa shape index (κ1) is 10.2. The van der Waals surface area contributed by atoms with Crippen LogP contribution in [0.15, 0.2) is 0 Å². The van der Waals surface area contributed by atoms with Crippen LogP contribution in [0.1, 0.15) is 58.3 Å². The van der Waals surface area contributed by atoms with Crippen LogP contribution in [0.4, 0.5) is 0 Å². The Kier molecular flexibility index (Phi) is 3.25. The Hall–Kier alpha value is -0.330. The normalized spacial score (nSPS) is 35.9. The summed E-state index contributed by atoms with van der Waals surface area (Å²) in [5, 5.41) is 0. The number of Topliss-reactive ketones (excluding diaryl/α,β-unsaturated/α-hetero) is 1. The zero-order valence-electron chi connectivity index (χ0n) is 9.30. The highest BCUT2D eigenvalue weighted by molar-refractivity contribution is 5.81. The lowest BCUT2D eigenvalue weighted by Gasteiger charge is -2.34. The standard InChI is InChI=1S/C13H22O/c1-10-9-12(7-8-13(10)14)11-5-3-2-4-6-11/h10-12H,2-9H2,1H3. The molecule has 1 heteroatoms. The molecule has 0 N–H and O–H groups in total. The first-order chi connectivity index (χ1) is 6.77. The minimum absolute atomic E-state index is 0.357. The fourth-order valence-corrected chi connectivity index (χ4v) is 3.31. The molecule has 80 valence electrons. The largest absolute Gasteiger partial charge is 0.299 e. The van der Waals surface area contributed by atoms with Crippen LogP contribution in [0.3, 0.4) is 0 Å². The van der Waals surface area contributed by atoms with Crippen LogP contribution in [-0.2, 0) is 4.79 Å². The fourth-order valence-electron chi connectivity index (χ4n) is 3.31. The maximum absolute atomic E-state index is 11.4. The zero-order chi connectivity index (χ0) is 9.97. The van der Waals surface area contributed by atoms with Crippen molar-refractivity contribution in [2.45, 2.75) is 58.3 Å².